The van der Waals surface area contributed by atoms with Gasteiger partial charge in [-0.05, 0) is 42.8 Å². The van der Waals surface area contributed by atoms with Gasteiger partial charge in [-0.1, -0.05) is 28.1 Å². The maximum Gasteiger partial charge on any atom is 0.247 e. The highest BCUT2D eigenvalue weighted by Gasteiger charge is 2.27. The minimum atomic E-state index is -0.582. The molecular weight excluding hydrogens is 358 g/mol. The van der Waals surface area contributed by atoms with Gasteiger partial charge < -0.3 is 16.0 Å². The number of amides is 2. The lowest BCUT2D eigenvalue weighted by molar-refractivity contribution is -0.122. The number of aryl methyl sites for hydroxylation is 1. The standard InChI is InChI=1S/C17H16BrN3O2/c1-10-8-11(6-7-12(10)18)19-16(22)9-15-17(23)21-14-5-3-2-4-13(14)20-15/h2-8,15,20H,9H2,1H3,(H,19,22)(H,21,23). The van der Waals surface area contributed by atoms with E-state index in [-0.39, 0.29) is 18.2 Å². The molecule has 0 saturated heterocycles. The molecule has 3 N–H and O–H groups in total. The third-order valence-electron chi connectivity index (χ3n) is 3.66. The van der Waals surface area contributed by atoms with Crippen molar-refractivity contribution in [2.24, 2.45) is 0 Å². The molecule has 5 nitrogen and oxygen atoms in total. The van der Waals surface area contributed by atoms with Gasteiger partial charge in [0.25, 0.3) is 0 Å². The van der Waals surface area contributed by atoms with Crippen molar-refractivity contribution in [1.29, 1.82) is 0 Å². The van der Waals surface area contributed by atoms with Gasteiger partial charge in [-0.15, -0.1) is 0 Å². The molecule has 23 heavy (non-hydrogen) atoms. The van der Waals surface area contributed by atoms with Crippen LogP contribution in [0.15, 0.2) is 46.9 Å². The number of carbonyl (C=O) groups excluding carboxylic acids is 2. The fourth-order valence-electron chi connectivity index (χ4n) is 2.45. The summed E-state index contributed by atoms with van der Waals surface area (Å²) in [5, 5.41) is 8.73. The summed E-state index contributed by atoms with van der Waals surface area (Å²) in [6.45, 7) is 1.95. The van der Waals surface area contributed by atoms with Crippen molar-refractivity contribution >= 4 is 44.8 Å². The van der Waals surface area contributed by atoms with Gasteiger partial charge >= 0.3 is 0 Å². The number of rotatable bonds is 3. The lowest BCUT2D eigenvalue weighted by atomic mass is 10.1. The molecule has 3 rings (SSSR count). The Labute approximate surface area is 142 Å². The Morgan fingerprint density at radius 1 is 1.22 bits per heavy atom. The first-order chi connectivity index (χ1) is 11.0. The fraction of sp³-hybridized carbons (Fsp3) is 0.176. The number of anilines is 3. The average Bonchev–Trinajstić information content (AvgIpc) is 2.51. The van der Waals surface area contributed by atoms with Crippen molar-refractivity contribution in [2.45, 2.75) is 19.4 Å². The Hall–Kier alpha value is -2.34. The van der Waals surface area contributed by atoms with Crippen molar-refractivity contribution in [1.82, 2.24) is 0 Å². The van der Waals surface area contributed by atoms with Gasteiger partial charge in [-0.2, -0.15) is 0 Å². The number of hydrogen-bond acceptors (Lipinski definition) is 3. The van der Waals surface area contributed by atoms with Crippen LogP contribution in [-0.2, 0) is 9.59 Å². The first-order valence-corrected chi connectivity index (χ1v) is 8.04. The van der Waals surface area contributed by atoms with Crippen LogP contribution in [0.25, 0.3) is 0 Å². The third-order valence-corrected chi connectivity index (χ3v) is 4.55. The molecule has 2 aromatic carbocycles. The summed E-state index contributed by atoms with van der Waals surface area (Å²) in [7, 11) is 0. The first-order valence-electron chi connectivity index (χ1n) is 7.25. The summed E-state index contributed by atoms with van der Waals surface area (Å²) in [5.41, 5.74) is 3.31. The quantitative estimate of drug-likeness (QED) is 0.770. The summed E-state index contributed by atoms with van der Waals surface area (Å²) in [4.78, 5) is 24.3. The van der Waals surface area contributed by atoms with Crippen LogP contribution in [0.2, 0.25) is 0 Å². The molecule has 0 saturated carbocycles. The summed E-state index contributed by atoms with van der Waals surface area (Å²) in [5.74, 6) is -0.412. The van der Waals surface area contributed by atoms with E-state index in [1.807, 2.05) is 49.4 Å². The highest BCUT2D eigenvalue weighted by atomic mass is 79.9. The van der Waals surface area contributed by atoms with Crippen molar-refractivity contribution in [3.05, 3.63) is 52.5 Å². The largest absolute Gasteiger partial charge is 0.372 e. The van der Waals surface area contributed by atoms with Gasteiger partial charge in [0.05, 0.1) is 17.8 Å². The molecule has 0 fully saturated rings. The number of fused-ring (bicyclic) bond motifs is 1. The predicted octanol–water partition coefficient (Wildman–Crippen LogP) is 3.52. The molecule has 1 unspecified atom stereocenters. The third kappa shape index (κ3) is 3.53. The number of hydrogen-bond donors (Lipinski definition) is 3. The highest BCUT2D eigenvalue weighted by Crippen LogP contribution is 2.27. The van der Waals surface area contributed by atoms with E-state index in [0.717, 1.165) is 21.4 Å². The molecule has 0 radical (unpaired) electrons. The molecule has 118 valence electrons. The number of carbonyl (C=O) groups is 2. The summed E-state index contributed by atoms with van der Waals surface area (Å²) < 4.78 is 0.987. The lowest BCUT2D eigenvalue weighted by Gasteiger charge is -2.26. The van der Waals surface area contributed by atoms with Gasteiger partial charge in [-0.25, -0.2) is 0 Å². The molecule has 0 bridgehead atoms. The zero-order chi connectivity index (χ0) is 16.4. The van der Waals surface area contributed by atoms with E-state index in [1.54, 1.807) is 0 Å². The molecule has 0 spiro atoms. The minimum absolute atomic E-state index is 0.0648. The van der Waals surface area contributed by atoms with Gasteiger partial charge in [0.2, 0.25) is 11.8 Å². The van der Waals surface area contributed by atoms with Gasteiger partial charge in [-0.3, -0.25) is 9.59 Å². The Balaban J connectivity index is 1.66. The zero-order valence-electron chi connectivity index (χ0n) is 12.5. The van der Waals surface area contributed by atoms with Crippen LogP contribution in [0.4, 0.5) is 17.1 Å². The average molecular weight is 374 g/mol. The van der Waals surface area contributed by atoms with E-state index in [0.29, 0.717) is 5.69 Å². The Morgan fingerprint density at radius 3 is 2.70 bits per heavy atom. The normalized spacial score (nSPS) is 16.1. The second-order valence-corrected chi connectivity index (χ2v) is 6.30. The molecule has 1 aliphatic heterocycles. The molecule has 2 aromatic rings. The fourth-order valence-corrected chi connectivity index (χ4v) is 2.70. The molecule has 0 aromatic heterocycles. The van der Waals surface area contributed by atoms with E-state index in [2.05, 4.69) is 31.9 Å². The van der Waals surface area contributed by atoms with E-state index < -0.39 is 6.04 Å². The van der Waals surface area contributed by atoms with Crippen molar-refractivity contribution in [3.63, 3.8) is 0 Å². The molecule has 1 aliphatic rings. The topological polar surface area (TPSA) is 70.2 Å². The summed E-state index contributed by atoms with van der Waals surface area (Å²) >= 11 is 3.42. The van der Waals surface area contributed by atoms with Crippen LogP contribution in [0.3, 0.4) is 0 Å². The smallest absolute Gasteiger partial charge is 0.247 e. The Morgan fingerprint density at radius 2 is 1.96 bits per heavy atom. The maximum atomic E-state index is 12.2. The van der Waals surface area contributed by atoms with Crippen LogP contribution < -0.4 is 16.0 Å². The van der Waals surface area contributed by atoms with E-state index in [9.17, 15) is 9.59 Å². The number of para-hydroxylation sites is 2. The van der Waals surface area contributed by atoms with Crippen LogP contribution in [0.1, 0.15) is 12.0 Å². The van der Waals surface area contributed by atoms with Crippen molar-refractivity contribution in [3.8, 4) is 0 Å². The number of halogens is 1. The van der Waals surface area contributed by atoms with Gasteiger partial charge in [0.15, 0.2) is 0 Å². The number of nitrogens with one attached hydrogen (secondary N) is 3. The minimum Gasteiger partial charge on any atom is -0.372 e. The van der Waals surface area contributed by atoms with Crippen LogP contribution in [0.5, 0.6) is 0 Å². The second kappa shape index (κ2) is 6.42. The van der Waals surface area contributed by atoms with Crippen LogP contribution in [0, 0.1) is 6.92 Å². The van der Waals surface area contributed by atoms with Crippen molar-refractivity contribution < 1.29 is 9.59 Å². The Kier molecular flexibility index (Phi) is 4.34. The van der Waals surface area contributed by atoms with Gasteiger partial charge in [0, 0.05) is 10.2 Å². The monoisotopic (exact) mass is 373 g/mol. The molecule has 0 aliphatic carbocycles. The summed E-state index contributed by atoms with van der Waals surface area (Å²) in [6.07, 6.45) is 0.0648. The van der Waals surface area contributed by atoms with Crippen molar-refractivity contribution in [2.75, 3.05) is 16.0 Å². The van der Waals surface area contributed by atoms with E-state index in [4.69, 9.17) is 0 Å². The highest BCUT2D eigenvalue weighted by molar-refractivity contribution is 9.10. The van der Waals surface area contributed by atoms with E-state index >= 15 is 0 Å². The Bertz CT molecular complexity index is 776. The van der Waals surface area contributed by atoms with Crippen LogP contribution >= 0.6 is 15.9 Å². The lowest BCUT2D eigenvalue weighted by Crippen LogP contribution is -2.41. The van der Waals surface area contributed by atoms with E-state index in [1.165, 1.54) is 0 Å². The first kappa shape index (κ1) is 15.6. The molecule has 2 amide bonds. The number of benzene rings is 2. The zero-order valence-corrected chi connectivity index (χ0v) is 14.1. The molecular formula is C17H16BrN3O2. The van der Waals surface area contributed by atoms with Gasteiger partial charge in [0.1, 0.15) is 6.04 Å². The summed E-state index contributed by atoms with van der Waals surface area (Å²) in [6, 6.07) is 12.4. The van der Waals surface area contributed by atoms with Crippen LogP contribution in [-0.4, -0.2) is 17.9 Å². The molecule has 1 heterocycles. The maximum absolute atomic E-state index is 12.2. The molecule has 6 heteroatoms. The predicted molar refractivity (Wildman–Crippen MR) is 94.6 cm³/mol. The second-order valence-electron chi connectivity index (χ2n) is 5.45. The molecule has 1 atom stereocenters. The SMILES string of the molecule is Cc1cc(NC(=O)CC2Nc3ccccc3NC2=O)ccc1Br.